The van der Waals surface area contributed by atoms with Crippen LogP contribution in [0.25, 0.3) is 0 Å². The SMILES string of the molecule is COC(=O)c1c(NC(=O)COc2ccc(Cl)cc2Cl)sc(C(=O)Nc2ccc(Cl)cc2)c1C. The summed E-state index contributed by atoms with van der Waals surface area (Å²) in [5.41, 5.74) is 0.979. The summed E-state index contributed by atoms with van der Waals surface area (Å²) in [7, 11) is 1.21. The molecule has 0 radical (unpaired) electrons. The van der Waals surface area contributed by atoms with Crippen molar-refractivity contribution in [2.45, 2.75) is 6.92 Å². The number of anilines is 2. The Morgan fingerprint density at radius 2 is 1.64 bits per heavy atom. The highest BCUT2D eigenvalue weighted by Gasteiger charge is 2.26. The number of nitrogens with one attached hydrogen (secondary N) is 2. The molecule has 0 atom stereocenters. The maximum absolute atomic E-state index is 12.8. The minimum absolute atomic E-state index is 0.0848. The molecular formula is C22H17Cl3N2O5S. The Morgan fingerprint density at radius 3 is 2.27 bits per heavy atom. The van der Waals surface area contributed by atoms with Gasteiger partial charge in [0.25, 0.3) is 11.8 Å². The molecule has 0 aliphatic carbocycles. The summed E-state index contributed by atoms with van der Waals surface area (Å²) in [5.74, 6) is -1.42. The highest BCUT2D eigenvalue weighted by Crippen LogP contribution is 2.34. The van der Waals surface area contributed by atoms with Crippen LogP contribution in [0, 0.1) is 6.92 Å². The van der Waals surface area contributed by atoms with E-state index >= 15 is 0 Å². The Bertz CT molecular complexity index is 1210. The van der Waals surface area contributed by atoms with E-state index in [9.17, 15) is 14.4 Å². The molecular weight excluding hydrogens is 511 g/mol. The van der Waals surface area contributed by atoms with E-state index in [1.54, 1.807) is 37.3 Å². The van der Waals surface area contributed by atoms with E-state index in [1.165, 1.54) is 19.2 Å². The zero-order chi connectivity index (χ0) is 24.1. The first-order valence-corrected chi connectivity index (χ1v) is 11.3. The van der Waals surface area contributed by atoms with Gasteiger partial charge in [0.1, 0.15) is 10.8 Å². The number of thiophene rings is 1. The number of hydrogen-bond donors (Lipinski definition) is 2. The number of halogens is 3. The molecule has 33 heavy (non-hydrogen) atoms. The van der Waals surface area contributed by atoms with E-state index < -0.39 is 17.8 Å². The van der Waals surface area contributed by atoms with Crippen molar-refractivity contribution in [2.75, 3.05) is 24.4 Å². The normalized spacial score (nSPS) is 10.5. The first-order valence-electron chi connectivity index (χ1n) is 9.36. The summed E-state index contributed by atoms with van der Waals surface area (Å²) in [6, 6.07) is 11.2. The van der Waals surface area contributed by atoms with E-state index in [-0.39, 0.29) is 32.8 Å². The van der Waals surface area contributed by atoms with Crippen LogP contribution in [-0.2, 0) is 9.53 Å². The van der Waals surface area contributed by atoms with Crippen LogP contribution in [0.2, 0.25) is 15.1 Å². The van der Waals surface area contributed by atoms with Crippen LogP contribution in [0.4, 0.5) is 10.7 Å². The van der Waals surface area contributed by atoms with Crippen molar-refractivity contribution in [3.63, 3.8) is 0 Å². The number of carbonyl (C=O) groups excluding carboxylic acids is 3. The smallest absolute Gasteiger partial charge is 0.341 e. The van der Waals surface area contributed by atoms with Gasteiger partial charge in [0.2, 0.25) is 0 Å². The Labute approximate surface area is 208 Å². The fourth-order valence-corrected chi connectivity index (χ4v) is 4.48. The zero-order valence-electron chi connectivity index (χ0n) is 17.3. The van der Waals surface area contributed by atoms with Crippen molar-refractivity contribution in [2.24, 2.45) is 0 Å². The van der Waals surface area contributed by atoms with E-state index in [2.05, 4.69) is 10.6 Å². The summed E-state index contributed by atoms with van der Waals surface area (Å²) in [5, 5.41) is 6.70. The van der Waals surface area contributed by atoms with Gasteiger partial charge in [0.15, 0.2) is 6.61 Å². The lowest BCUT2D eigenvalue weighted by Crippen LogP contribution is -2.21. The number of amides is 2. The number of ether oxygens (including phenoxy) is 2. The third-order valence-corrected chi connectivity index (χ3v) is 6.34. The van der Waals surface area contributed by atoms with Crippen molar-refractivity contribution in [1.82, 2.24) is 0 Å². The topological polar surface area (TPSA) is 93.7 Å². The molecule has 2 N–H and O–H groups in total. The molecule has 2 aromatic carbocycles. The van der Waals surface area contributed by atoms with Gasteiger partial charge < -0.3 is 20.1 Å². The zero-order valence-corrected chi connectivity index (χ0v) is 20.4. The minimum atomic E-state index is -0.689. The van der Waals surface area contributed by atoms with Gasteiger partial charge in [-0.15, -0.1) is 11.3 Å². The highest BCUT2D eigenvalue weighted by molar-refractivity contribution is 7.19. The summed E-state index contributed by atoms with van der Waals surface area (Å²) >= 11 is 18.7. The van der Waals surface area contributed by atoms with Gasteiger partial charge in [-0.3, -0.25) is 9.59 Å². The number of hydrogen-bond acceptors (Lipinski definition) is 6. The first-order chi connectivity index (χ1) is 15.7. The fraction of sp³-hybridized carbons (Fsp3) is 0.136. The van der Waals surface area contributed by atoms with Crippen LogP contribution < -0.4 is 15.4 Å². The van der Waals surface area contributed by atoms with Gasteiger partial charge in [-0.1, -0.05) is 34.8 Å². The second-order valence-corrected chi connectivity index (χ2v) is 8.93. The van der Waals surface area contributed by atoms with Gasteiger partial charge in [0.05, 0.1) is 22.6 Å². The summed E-state index contributed by atoms with van der Waals surface area (Å²) < 4.78 is 10.3. The number of benzene rings is 2. The van der Waals surface area contributed by atoms with Gasteiger partial charge in [-0.2, -0.15) is 0 Å². The molecule has 3 rings (SSSR count). The monoisotopic (exact) mass is 526 g/mol. The predicted octanol–water partition coefficient (Wildman–Crippen LogP) is 6.07. The van der Waals surface area contributed by atoms with E-state index in [1.807, 2.05) is 0 Å². The molecule has 0 aliphatic heterocycles. The quantitative estimate of drug-likeness (QED) is 0.364. The lowest BCUT2D eigenvalue weighted by atomic mass is 10.1. The largest absolute Gasteiger partial charge is 0.482 e. The Kier molecular flexibility index (Phi) is 8.20. The molecule has 3 aromatic rings. The summed E-state index contributed by atoms with van der Waals surface area (Å²) in [6.07, 6.45) is 0. The molecule has 1 aromatic heterocycles. The fourth-order valence-electron chi connectivity index (χ4n) is 2.79. The maximum atomic E-state index is 12.8. The van der Waals surface area contributed by atoms with Crippen LogP contribution in [0.3, 0.4) is 0 Å². The Morgan fingerprint density at radius 1 is 0.970 bits per heavy atom. The molecule has 0 unspecified atom stereocenters. The standard InChI is InChI=1S/C22H17Cl3N2O5S/c1-11-18(22(30)31-2)21(27-17(28)10-32-16-8-5-13(24)9-15(16)25)33-19(11)20(29)26-14-6-3-12(23)4-7-14/h3-9H,10H2,1-2H3,(H,26,29)(H,27,28). The lowest BCUT2D eigenvalue weighted by molar-refractivity contribution is -0.118. The van der Waals surface area contributed by atoms with Crippen molar-refractivity contribution < 1.29 is 23.9 Å². The first kappa shape index (κ1) is 24.9. The molecule has 0 bridgehead atoms. The molecule has 0 fully saturated rings. The molecule has 0 saturated carbocycles. The molecule has 172 valence electrons. The molecule has 0 aliphatic rings. The van der Waals surface area contributed by atoms with Crippen LogP contribution in [-0.4, -0.2) is 31.5 Å². The molecule has 7 nitrogen and oxygen atoms in total. The average molecular weight is 528 g/mol. The second-order valence-electron chi connectivity index (χ2n) is 6.62. The number of carbonyl (C=O) groups is 3. The van der Waals surface area contributed by atoms with E-state index in [0.29, 0.717) is 21.3 Å². The number of esters is 1. The lowest BCUT2D eigenvalue weighted by Gasteiger charge is -2.09. The van der Waals surface area contributed by atoms with Crippen molar-refractivity contribution in [3.8, 4) is 5.75 Å². The third kappa shape index (κ3) is 6.17. The van der Waals surface area contributed by atoms with Crippen LogP contribution >= 0.6 is 46.1 Å². The van der Waals surface area contributed by atoms with Gasteiger partial charge in [0, 0.05) is 15.7 Å². The highest BCUT2D eigenvalue weighted by atomic mass is 35.5. The molecule has 11 heteroatoms. The van der Waals surface area contributed by atoms with Crippen molar-refractivity contribution >= 4 is 74.6 Å². The second kappa shape index (κ2) is 10.9. The van der Waals surface area contributed by atoms with Crippen molar-refractivity contribution in [1.29, 1.82) is 0 Å². The maximum Gasteiger partial charge on any atom is 0.341 e. The van der Waals surface area contributed by atoms with Crippen LogP contribution in [0.15, 0.2) is 42.5 Å². The number of rotatable bonds is 7. The Hall–Kier alpha value is -2.78. The van der Waals surface area contributed by atoms with Gasteiger partial charge in [-0.25, -0.2) is 4.79 Å². The van der Waals surface area contributed by atoms with Crippen molar-refractivity contribution in [3.05, 3.63) is 73.5 Å². The van der Waals surface area contributed by atoms with E-state index in [4.69, 9.17) is 44.3 Å². The van der Waals surface area contributed by atoms with Crippen LogP contribution in [0.5, 0.6) is 5.75 Å². The molecule has 0 spiro atoms. The Balaban J connectivity index is 1.78. The molecule has 0 saturated heterocycles. The average Bonchev–Trinajstić information content (AvgIpc) is 3.10. The molecule has 1 heterocycles. The predicted molar refractivity (Wildman–Crippen MR) is 130 cm³/mol. The third-order valence-electron chi connectivity index (χ3n) is 4.35. The number of methoxy groups -OCH3 is 1. The summed E-state index contributed by atoms with van der Waals surface area (Å²) in [6.45, 7) is 1.21. The summed E-state index contributed by atoms with van der Waals surface area (Å²) in [4.78, 5) is 37.9. The van der Waals surface area contributed by atoms with Gasteiger partial charge in [-0.05, 0) is 55.0 Å². The van der Waals surface area contributed by atoms with E-state index in [0.717, 1.165) is 11.3 Å². The minimum Gasteiger partial charge on any atom is -0.482 e. The molecule has 2 amide bonds. The van der Waals surface area contributed by atoms with Gasteiger partial charge >= 0.3 is 5.97 Å². The van der Waals surface area contributed by atoms with Crippen LogP contribution in [0.1, 0.15) is 25.6 Å².